The van der Waals surface area contributed by atoms with Gasteiger partial charge in [-0.25, -0.2) is 13.8 Å². The van der Waals surface area contributed by atoms with Crippen LogP contribution in [-0.4, -0.2) is 30.3 Å². The molecule has 1 heterocycles. The monoisotopic (exact) mass is 345 g/mol. The summed E-state index contributed by atoms with van der Waals surface area (Å²) >= 11 is 0. The van der Waals surface area contributed by atoms with E-state index in [9.17, 15) is 13.2 Å². The standard InChI is InChI=1S/C17H19N3O3S/c1-17(2,3)24(22,23)15-7-5-4-6-14(15)12-19-20-16(21)13-8-10-18-11-9-13/h4-12H,1-3H3,(H,20,21). The Morgan fingerprint density at radius 2 is 1.75 bits per heavy atom. The highest BCUT2D eigenvalue weighted by molar-refractivity contribution is 7.92. The van der Waals surface area contributed by atoms with E-state index < -0.39 is 20.5 Å². The Balaban J connectivity index is 2.24. The number of benzene rings is 1. The van der Waals surface area contributed by atoms with Crippen LogP contribution in [0.4, 0.5) is 0 Å². The molecule has 0 spiro atoms. The fourth-order valence-electron chi connectivity index (χ4n) is 1.89. The van der Waals surface area contributed by atoms with Crippen LogP contribution >= 0.6 is 0 Å². The summed E-state index contributed by atoms with van der Waals surface area (Å²) in [4.78, 5) is 15.9. The van der Waals surface area contributed by atoms with Gasteiger partial charge in [-0.05, 0) is 39.0 Å². The van der Waals surface area contributed by atoms with Crippen LogP contribution in [0, 0.1) is 0 Å². The predicted molar refractivity (Wildman–Crippen MR) is 92.7 cm³/mol. The maximum absolute atomic E-state index is 12.6. The summed E-state index contributed by atoms with van der Waals surface area (Å²) < 4.78 is 24.3. The molecule has 1 aromatic carbocycles. The number of pyridine rings is 1. The predicted octanol–water partition coefficient (Wildman–Crippen LogP) is 2.42. The van der Waals surface area contributed by atoms with Gasteiger partial charge in [0.15, 0.2) is 9.84 Å². The first-order valence-electron chi connectivity index (χ1n) is 7.30. The van der Waals surface area contributed by atoms with Crippen molar-refractivity contribution in [1.29, 1.82) is 0 Å². The fourth-order valence-corrected chi connectivity index (χ4v) is 3.24. The van der Waals surface area contributed by atoms with Crippen LogP contribution in [0.3, 0.4) is 0 Å². The molecule has 0 saturated carbocycles. The molecular formula is C17H19N3O3S. The second-order valence-corrected chi connectivity index (χ2v) is 8.76. The smallest absolute Gasteiger partial charge is 0.267 e. The van der Waals surface area contributed by atoms with Crippen LogP contribution in [0.2, 0.25) is 0 Å². The topological polar surface area (TPSA) is 88.5 Å². The Kier molecular flexibility index (Phi) is 5.14. The first-order valence-corrected chi connectivity index (χ1v) is 8.79. The van der Waals surface area contributed by atoms with Crippen molar-refractivity contribution in [3.05, 3.63) is 59.9 Å². The third-order valence-electron chi connectivity index (χ3n) is 3.33. The molecule has 6 nitrogen and oxygen atoms in total. The van der Waals surface area contributed by atoms with Gasteiger partial charge in [0, 0.05) is 23.5 Å². The molecule has 2 aromatic rings. The van der Waals surface area contributed by atoms with E-state index in [0.29, 0.717) is 11.1 Å². The molecule has 1 aromatic heterocycles. The van der Waals surface area contributed by atoms with E-state index in [1.54, 1.807) is 51.1 Å². The molecule has 0 fully saturated rings. The Hall–Kier alpha value is -2.54. The highest BCUT2D eigenvalue weighted by Gasteiger charge is 2.32. The third kappa shape index (κ3) is 3.86. The van der Waals surface area contributed by atoms with Crippen LogP contribution in [0.15, 0.2) is 58.8 Å². The summed E-state index contributed by atoms with van der Waals surface area (Å²) in [5.41, 5.74) is 3.21. The molecule has 0 unspecified atom stereocenters. The van der Waals surface area contributed by atoms with Crippen LogP contribution < -0.4 is 5.43 Å². The largest absolute Gasteiger partial charge is 0.271 e. The normalized spacial score (nSPS) is 12.3. The van der Waals surface area contributed by atoms with Gasteiger partial charge in [-0.1, -0.05) is 18.2 Å². The lowest BCUT2D eigenvalue weighted by atomic mass is 10.2. The van der Waals surface area contributed by atoms with Crippen LogP contribution in [-0.2, 0) is 9.84 Å². The molecule has 1 N–H and O–H groups in total. The van der Waals surface area contributed by atoms with Crippen molar-refractivity contribution in [2.75, 3.05) is 0 Å². The number of carbonyl (C=O) groups excluding carboxylic acids is 1. The summed E-state index contributed by atoms with van der Waals surface area (Å²) in [5, 5.41) is 3.86. The van der Waals surface area contributed by atoms with Gasteiger partial charge in [0.25, 0.3) is 5.91 Å². The maximum Gasteiger partial charge on any atom is 0.271 e. The Morgan fingerprint density at radius 1 is 1.12 bits per heavy atom. The first-order chi connectivity index (χ1) is 11.2. The average Bonchev–Trinajstić information content (AvgIpc) is 2.55. The Labute approximate surface area is 141 Å². The summed E-state index contributed by atoms with van der Waals surface area (Å²) in [6.45, 7) is 4.92. The molecule has 0 bridgehead atoms. The van der Waals surface area contributed by atoms with E-state index in [0.717, 1.165) is 0 Å². The number of rotatable bonds is 4. The molecule has 0 aliphatic heterocycles. The molecule has 126 valence electrons. The average molecular weight is 345 g/mol. The molecule has 0 radical (unpaired) electrons. The van der Waals surface area contributed by atoms with Crippen LogP contribution in [0.1, 0.15) is 36.7 Å². The zero-order chi connectivity index (χ0) is 17.8. The van der Waals surface area contributed by atoms with Crippen molar-refractivity contribution in [3.63, 3.8) is 0 Å². The molecule has 24 heavy (non-hydrogen) atoms. The summed E-state index contributed by atoms with van der Waals surface area (Å²) in [6, 6.07) is 9.66. The molecular weight excluding hydrogens is 326 g/mol. The minimum Gasteiger partial charge on any atom is -0.267 e. The zero-order valence-electron chi connectivity index (χ0n) is 13.7. The number of hydrogen-bond acceptors (Lipinski definition) is 5. The van der Waals surface area contributed by atoms with Gasteiger partial charge in [0.05, 0.1) is 15.9 Å². The summed E-state index contributed by atoms with van der Waals surface area (Å²) in [6.07, 6.45) is 4.34. The SMILES string of the molecule is CC(C)(C)S(=O)(=O)c1ccccc1C=NNC(=O)c1ccncc1. The van der Waals surface area contributed by atoms with Crippen molar-refractivity contribution in [2.24, 2.45) is 5.10 Å². The Morgan fingerprint density at radius 3 is 2.38 bits per heavy atom. The number of hydrogen-bond donors (Lipinski definition) is 1. The molecule has 1 amide bonds. The van der Waals surface area contributed by atoms with E-state index >= 15 is 0 Å². The molecule has 0 saturated heterocycles. The highest BCUT2D eigenvalue weighted by atomic mass is 32.2. The number of amides is 1. The zero-order valence-corrected chi connectivity index (χ0v) is 14.5. The van der Waals surface area contributed by atoms with Crippen molar-refractivity contribution in [2.45, 2.75) is 30.4 Å². The second kappa shape index (κ2) is 6.92. The number of sulfone groups is 1. The van der Waals surface area contributed by atoms with E-state index in [1.807, 2.05) is 0 Å². The van der Waals surface area contributed by atoms with Gasteiger partial charge in [-0.2, -0.15) is 5.10 Å². The molecule has 2 rings (SSSR count). The summed E-state index contributed by atoms with van der Waals surface area (Å²) in [5.74, 6) is -0.398. The summed E-state index contributed by atoms with van der Waals surface area (Å²) in [7, 11) is -3.52. The van der Waals surface area contributed by atoms with E-state index in [1.165, 1.54) is 24.7 Å². The molecule has 0 atom stereocenters. The van der Waals surface area contributed by atoms with E-state index in [4.69, 9.17) is 0 Å². The number of carbonyl (C=O) groups is 1. The van der Waals surface area contributed by atoms with Gasteiger partial charge in [0.2, 0.25) is 0 Å². The van der Waals surface area contributed by atoms with E-state index in [2.05, 4.69) is 15.5 Å². The second-order valence-electron chi connectivity index (χ2n) is 6.09. The lowest BCUT2D eigenvalue weighted by Crippen LogP contribution is -2.28. The van der Waals surface area contributed by atoms with Crippen molar-refractivity contribution < 1.29 is 13.2 Å². The maximum atomic E-state index is 12.6. The molecule has 0 aliphatic rings. The lowest BCUT2D eigenvalue weighted by Gasteiger charge is -2.20. The van der Waals surface area contributed by atoms with Gasteiger partial charge >= 0.3 is 0 Å². The van der Waals surface area contributed by atoms with Crippen molar-refractivity contribution in [1.82, 2.24) is 10.4 Å². The Bertz CT molecular complexity index is 854. The minimum absolute atomic E-state index is 0.180. The third-order valence-corrected chi connectivity index (χ3v) is 5.89. The van der Waals surface area contributed by atoms with Gasteiger partial charge in [-0.15, -0.1) is 0 Å². The lowest BCUT2D eigenvalue weighted by molar-refractivity contribution is 0.0955. The highest BCUT2D eigenvalue weighted by Crippen LogP contribution is 2.26. The number of hydrazone groups is 1. The van der Waals surface area contributed by atoms with E-state index in [-0.39, 0.29) is 4.90 Å². The molecule has 7 heteroatoms. The minimum atomic E-state index is -3.52. The van der Waals surface area contributed by atoms with Gasteiger partial charge in [0.1, 0.15) is 0 Å². The van der Waals surface area contributed by atoms with Gasteiger partial charge in [-0.3, -0.25) is 9.78 Å². The number of aromatic nitrogens is 1. The van der Waals surface area contributed by atoms with Gasteiger partial charge < -0.3 is 0 Å². The number of nitrogens with one attached hydrogen (secondary N) is 1. The molecule has 0 aliphatic carbocycles. The fraction of sp³-hybridized carbons (Fsp3) is 0.235. The van der Waals surface area contributed by atoms with Crippen LogP contribution in [0.25, 0.3) is 0 Å². The van der Waals surface area contributed by atoms with Crippen molar-refractivity contribution in [3.8, 4) is 0 Å². The number of nitrogens with zero attached hydrogens (tertiary/aromatic N) is 2. The van der Waals surface area contributed by atoms with Crippen LogP contribution in [0.5, 0.6) is 0 Å². The van der Waals surface area contributed by atoms with Crippen molar-refractivity contribution >= 4 is 22.0 Å². The quantitative estimate of drug-likeness (QED) is 0.681. The first kappa shape index (κ1) is 17.8.